The molecule has 8 heteroatoms. The fourth-order valence-electron chi connectivity index (χ4n) is 7.67. The molecule has 0 heterocycles. The SMILES string of the molecule is C[C@]12C[C@H](O)[C@H]3[C@@H](CCC4=CC(=O)CC(OC(=O)CN)[C@@]43C)[C@@H]1CC[C@]2(O)C(=O)CO. The van der Waals surface area contributed by atoms with Gasteiger partial charge in [-0.1, -0.05) is 19.4 Å². The fourth-order valence-corrected chi connectivity index (χ4v) is 7.67. The van der Waals surface area contributed by atoms with Crippen LogP contribution in [0.2, 0.25) is 0 Å². The summed E-state index contributed by atoms with van der Waals surface area (Å²) in [5, 5.41) is 32.2. The Morgan fingerprint density at radius 1 is 1.29 bits per heavy atom. The van der Waals surface area contributed by atoms with E-state index in [0.717, 1.165) is 12.0 Å². The van der Waals surface area contributed by atoms with Crippen molar-refractivity contribution in [3.05, 3.63) is 11.6 Å². The average molecular weight is 436 g/mol. The third-order valence-electron chi connectivity index (χ3n) is 9.17. The fraction of sp³-hybridized carbons (Fsp3) is 0.783. The number of aliphatic hydroxyl groups excluding tert-OH is 2. The van der Waals surface area contributed by atoms with E-state index < -0.39 is 47.0 Å². The van der Waals surface area contributed by atoms with Crippen molar-refractivity contribution in [2.75, 3.05) is 13.2 Å². The van der Waals surface area contributed by atoms with Gasteiger partial charge in [-0.2, -0.15) is 0 Å². The summed E-state index contributed by atoms with van der Waals surface area (Å²) >= 11 is 0. The standard InChI is InChI=1S/C23H33NO7/c1-21-9-16(27)20-14(15(21)5-6-23(21,30)17(28)11-25)4-3-12-7-13(26)8-18(22(12,20)2)31-19(29)10-24/h7,14-16,18,20,25,27,30H,3-6,8-11,24H2,1-2H3/t14-,15-,16-,18?,20+,21-,22+,23-/m0/s1. The van der Waals surface area contributed by atoms with Gasteiger partial charge in [-0.25, -0.2) is 0 Å². The van der Waals surface area contributed by atoms with Crippen LogP contribution in [0.1, 0.15) is 52.4 Å². The molecule has 0 aromatic rings. The maximum Gasteiger partial charge on any atom is 0.320 e. The molecule has 172 valence electrons. The molecule has 0 bridgehead atoms. The van der Waals surface area contributed by atoms with E-state index in [1.54, 1.807) is 6.08 Å². The number of aliphatic hydroxyl groups is 3. The highest BCUT2D eigenvalue weighted by Crippen LogP contribution is 2.67. The van der Waals surface area contributed by atoms with Gasteiger partial charge in [0.05, 0.1) is 12.6 Å². The average Bonchev–Trinajstić information content (AvgIpc) is 2.99. The van der Waals surface area contributed by atoms with E-state index in [1.165, 1.54) is 0 Å². The molecule has 1 unspecified atom stereocenters. The Balaban J connectivity index is 1.75. The van der Waals surface area contributed by atoms with E-state index in [4.69, 9.17) is 10.5 Å². The normalized spacial score (nSPS) is 46.5. The molecule has 8 nitrogen and oxygen atoms in total. The van der Waals surface area contributed by atoms with Gasteiger partial charge >= 0.3 is 5.97 Å². The third-order valence-corrected chi connectivity index (χ3v) is 9.17. The molecular formula is C23H33NO7. The van der Waals surface area contributed by atoms with Crippen molar-refractivity contribution in [1.82, 2.24) is 0 Å². The minimum Gasteiger partial charge on any atom is -0.460 e. The second kappa shape index (κ2) is 7.47. The monoisotopic (exact) mass is 435 g/mol. The molecule has 0 aromatic carbocycles. The quantitative estimate of drug-likeness (QED) is 0.460. The Labute approximate surface area is 181 Å². The number of hydrogen-bond acceptors (Lipinski definition) is 8. The molecule has 0 amide bonds. The van der Waals surface area contributed by atoms with Crippen molar-refractivity contribution in [3.63, 3.8) is 0 Å². The lowest BCUT2D eigenvalue weighted by molar-refractivity contribution is -0.197. The van der Waals surface area contributed by atoms with Crippen LogP contribution in [0.5, 0.6) is 0 Å². The van der Waals surface area contributed by atoms with Gasteiger partial charge in [0.25, 0.3) is 0 Å². The van der Waals surface area contributed by atoms with Crippen molar-refractivity contribution < 1.29 is 34.4 Å². The van der Waals surface area contributed by atoms with Crippen LogP contribution in [-0.4, -0.2) is 63.8 Å². The van der Waals surface area contributed by atoms with Gasteiger partial charge in [-0.15, -0.1) is 0 Å². The van der Waals surface area contributed by atoms with Crippen LogP contribution in [0.4, 0.5) is 0 Å². The summed E-state index contributed by atoms with van der Waals surface area (Å²) in [4.78, 5) is 36.9. The van der Waals surface area contributed by atoms with Crippen LogP contribution in [0.25, 0.3) is 0 Å². The highest BCUT2D eigenvalue weighted by atomic mass is 16.5. The number of ether oxygens (including phenoxy) is 1. The first-order valence-electron chi connectivity index (χ1n) is 11.2. The van der Waals surface area contributed by atoms with Crippen LogP contribution in [-0.2, 0) is 19.1 Å². The Kier molecular flexibility index (Phi) is 5.44. The second-order valence-electron chi connectivity index (χ2n) is 10.3. The number of fused-ring (bicyclic) bond motifs is 5. The number of carbonyl (C=O) groups is 3. The maximum absolute atomic E-state index is 12.5. The van der Waals surface area contributed by atoms with Crippen molar-refractivity contribution in [2.24, 2.45) is 34.3 Å². The summed E-state index contributed by atoms with van der Waals surface area (Å²) in [7, 11) is 0. The Morgan fingerprint density at radius 3 is 2.65 bits per heavy atom. The van der Waals surface area contributed by atoms with Crippen LogP contribution < -0.4 is 5.73 Å². The lowest BCUT2D eigenvalue weighted by Gasteiger charge is -2.61. The maximum atomic E-state index is 12.5. The molecule has 0 saturated heterocycles. The molecule has 3 saturated carbocycles. The predicted octanol–water partition coefficient (Wildman–Crippen LogP) is 0.262. The van der Waals surface area contributed by atoms with Gasteiger partial charge < -0.3 is 25.8 Å². The van der Waals surface area contributed by atoms with Crippen molar-refractivity contribution in [1.29, 1.82) is 0 Å². The molecule has 3 fully saturated rings. The number of esters is 1. The Morgan fingerprint density at radius 2 is 2.00 bits per heavy atom. The zero-order chi connectivity index (χ0) is 22.8. The van der Waals surface area contributed by atoms with E-state index in [2.05, 4.69) is 0 Å². The summed E-state index contributed by atoms with van der Waals surface area (Å²) in [5.74, 6) is -1.59. The summed E-state index contributed by atoms with van der Waals surface area (Å²) < 4.78 is 5.64. The molecule has 0 spiro atoms. The van der Waals surface area contributed by atoms with Gasteiger partial charge in [-0.05, 0) is 50.0 Å². The zero-order valence-corrected chi connectivity index (χ0v) is 18.2. The van der Waals surface area contributed by atoms with Gasteiger partial charge in [0, 0.05) is 23.2 Å². The highest BCUT2D eigenvalue weighted by molar-refractivity contribution is 5.93. The van der Waals surface area contributed by atoms with E-state index in [9.17, 15) is 29.7 Å². The summed E-state index contributed by atoms with van der Waals surface area (Å²) in [5.41, 5.74) is 3.11. The van der Waals surface area contributed by atoms with E-state index in [-0.39, 0.29) is 49.3 Å². The number of Topliss-reactive ketones (excluding diaryl/α,β-unsaturated/α-hetero) is 1. The Bertz CT molecular complexity index is 840. The van der Waals surface area contributed by atoms with Gasteiger partial charge in [0.15, 0.2) is 11.6 Å². The minimum absolute atomic E-state index is 0.0105. The number of carbonyl (C=O) groups excluding carboxylic acids is 3. The number of hydrogen-bond donors (Lipinski definition) is 4. The summed E-state index contributed by atoms with van der Waals surface area (Å²) in [6.07, 6.45) is 2.56. The van der Waals surface area contributed by atoms with Crippen molar-refractivity contribution in [3.8, 4) is 0 Å². The zero-order valence-electron chi connectivity index (χ0n) is 18.2. The largest absolute Gasteiger partial charge is 0.460 e. The van der Waals surface area contributed by atoms with E-state index in [0.29, 0.717) is 12.8 Å². The molecule has 8 atom stereocenters. The smallest absolute Gasteiger partial charge is 0.320 e. The molecule has 5 N–H and O–H groups in total. The molecule has 0 aliphatic heterocycles. The molecule has 0 radical (unpaired) electrons. The van der Waals surface area contributed by atoms with Crippen LogP contribution in [0.15, 0.2) is 11.6 Å². The van der Waals surface area contributed by atoms with Gasteiger partial charge in [-0.3, -0.25) is 14.4 Å². The predicted molar refractivity (Wildman–Crippen MR) is 109 cm³/mol. The lowest BCUT2D eigenvalue weighted by atomic mass is 9.44. The molecular weight excluding hydrogens is 402 g/mol. The van der Waals surface area contributed by atoms with Gasteiger partial charge in [0.2, 0.25) is 0 Å². The van der Waals surface area contributed by atoms with Crippen molar-refractivity contribution in [2.45, 2.75) is 70.2 Å². The summed E-state index contributed by atoms with van der Waals surface area (Å²) in [6, 6.07) is 0. The number of ketones is 2. The van der Waals surface area contributed by atoms with E-state index in [1.807, 2.05) is 13.8 Å². The van der Waals surface area contributed by atoms with Gasteiger partial charge in [0.1, 0.15) is 18.3 Å². The molecule has 31 heavy (non-hydrogen) atoms. The number of rotatable bonds is 4. The molecule has 4 aliphatic rings. The second-order valence-corrected chi connectivity index (χ2v) is 10.3. The first kappa shape index (κ1) is 22.6. The first-order chi connectivity index (χ1) is 14.5. The van der Waals surface area contributed by atoms with Crippen molar-refractivity contribution >= 4 is 17.5 Å². The number of nitrogens with two attached hydrogens (primary N) is 1. The lowest BCUT2D eigenvalue weighted by Crippen LogP contribution is -2.64. The topological polar surface area (TPSA) is 147 Å². The third kappa shape index (κ3) is 2.98. The minimum atomic E-state index is -1.66. The van der Waals surface area contributed by atoms with E-state index >= 15 is 0 Å². The summed E-state index contributed by atoms with van der Waals surface area (Å²) in [6.45, 7) is 2.80. The van der Waals surface area contributed by atoms with Crippen LogP contribution >= 0.6 is 0 Å². The van der Waals surface area contributed by atoms with Crippen LogP contribution in [0, 0.1) is 28.6 Å². The molecule has 0 aromatic heterocycles. The highest BCUT2D eigenvalue weighted by Gasteiger charge is 2.69. The first-order valence-corrected chi connectivity index (χ1v) is 11.2. The van der Waals surface area contributed by atoms with Crippen LogP contribution in [0.3, 0.4) is 0 Å². The molecule has 4 rings (SSSR count). The molecule has 4 aliphatic carbocycles. The Hall–Kier alpha value is -1.61.